The molecule has 2 aromatic carbocycles. The zero-order valence-electron chi connectivity index (χ0n) is 19.5. The number of unbranched alkanes of at least 4 members (excludes halogenated alkanes) is 1. The second kappa shape index (κ2) is 12.4. The summed E-state index contributed by atoms with van der Waals surface area (Å²) in [6, 6.07) is 13.0. The number of ketones is 1. The van der Waals surface area contributed by atoms with Crippen molar-refractivity contribution in [2.45, 2.75) is 45.1 Å². The number of aliphatic hydroxyl groups excluding tert-OH is 1. The Kier molecular flexibility index (Phi) is 9.09. The largest absolute Gasteiger partial charge is 0.427 e. The van der Waals surface area contributed by atoms with E-state index in [0.717, 1.165) is 0 Å². The predicted octanol–water partition coefficient (Wildman–Crippen LogP) is 4.18. The molecule has 3 N–H and O–H groups in total. The second-order valence-corrected chi connectivity index (χ2v) is 8.17. The van der Waals surface area contributed by atoms with Gasteiger partial charge < -0.3 is 20.5 Å². The molecule has 0 radical (unpaired) electrons. The van der Waals surface area contributed by atoms with Crippen molar-refractivity contribution in [2.24, 2.45) is 0 Å². The first-order chi connectivity index (χ1) is 16.8. The lowest BCUT2D eigenvalue weighted by atomic mass is 10.1. The predicted molar refractivity (Wildman–Crippen MR) is 132 cm³/mol. The normalized spacial score (nSPS) is 15.1. The van der Waals surface area contributed by atoms with Crippen LogP contribution in [0.3, 0.4) is 0 Å². The van der Waals surface area contributed by atoms with Gasteiger partial charge in [0.1, 0.15) is 5.75 Å². The SMILES string of the molecule is CC(=O)Nc1ccc(C(=O)Nc2ccc(OC(=O)CCCC=CCC3=CC(O)CC3=O)cc2)cc1. The fourth-order valence-electron chi connectivity index (χ4n) is 3.48. The van der Waals surface area contributed by atoms with Gasteiger partial charge in [-0.3, -0.25) is 19.2 Å². The minimum Gasteiger partial charge on any atom is -0.427 e. The molecule has 0 saturated heterocycles. The number of aliphatic hydroxyl groups is 1. The summed E-state index contributed by atoms with van der Waals surface area (Å²) < 4.78 is 5.33. The Bertz CT molecular complexity index is 1130. The fraction of sp³-hybridized carbons (Fsp3) is 0.259. The summed E-state index contributed by atoms with van der Waals surface area (Å²) in [5, 5.41) is 14.8. The molecule has 0 heterocycles. The molecule has 0 aromatic heterocycles. The van der Waals surface area contributed by atoms with Crippen LogP contribution in [0.4, 0.5) is 11.4 Å². The van der Waals surface area contributed by atoms with E-state index in [4.69, 9.17) is 4.74 Å². The van der Waals surface area contributed by atoms with Crippen molar-refractivity contribution in [3.63, 3.8) is 0 Å². The number of nitrogens with one attached hydrogen (secondary N) is 2. The first kappa shape index (κ1) is 25.6. The zero-order valence-corrected chi connectivity index (χ0v) is 19.5. The third-order valence-corrected chi connectivity index (χ3v) is 5.21. The number of carbonyl (C=O) groups excluding carboxylic acids is 4. The van der Waals surface area contributed by atoms with Gasteiger partial charge in [0.25, 0.3) is 5.91 Å². The number of allylic oxidation sites excluding steroid dienone is 3. The number of rotatable bonds is 10. The van der Waals surface area contributed by atoms with Gasteiger partial charge in [-0.15, -0.1) is 0 Å². The van der Waals surface area contributed by atoms with Gasteiger partial charge >= 0.3 is 5.97 Å². The van der Waals surface area contributed by atoms with Gasteiger partial charge in [-0.05, 0) is 79.4 Å². The summed E-state index contributed by atoms with van der Waals surface area (Å²) in [5.74, 6) is -0.483. The van der Waals surface area contributed by atoms with E-state index in [2.05, 4.69) is 10.6 Å². The average molecular weight is 477 g/mol. The van der Waals surface area contributed by atoms with Gasteiger partial charge in [-0.2, -0.15) is 0 Å². The number of amides is 2. The summed E-state index contributed by atoms with van der Waals surface area (Å²) in [5.41, 5.74) is 2.23. The molecule has 3 rings (SSSR count). The van der Waals surface area contributed by atoms with Crippen LogP contribution in [0.1, 0.15) is 49.4 Å². The Morgan fingerprint density at radius 1 is 1.00 bits per heavy atom. The number of esters is 1. The molecule has 1 atom stereocenters. The maximum Gasteiger partial charge on any atom is 0.311 e. The van der Waals surface area contributed by atoms with Crippen molar-refractivity contribution in [2.75, 3.05) is 10.6 Å². The van der Waals surface area contributed by atoms with Crippen LogP contribution in [0.15, 0.2) is 72.3 Å². The fourth-order valence-corrected chi connectivity index (χ4v) is 3.48. The highest BCUT2D eigenvalue weighted by molar-refractivity contribution is 6.04. The molecular weight excluding hydrogens is 448 g/mol. The first-order valence-electron chi connectivity index (χ1n) is 11.4. The lowest BCUT2D eigenvalue weighted by Gasteiger charge is -2.08. The zero-order chi connectivity index (χ0) is 25.2. The van der Waals surface area contributed by atoms with Crippen LogP contribution >= 0.6 is 0 Å². The maximum absolute atomic E-state index is 12.4. The molecule has 1 aliphatic rings. The number of benzene rings is 2. The molecule has 1 unspecified atom stereocenters. The number of hydrogen-bond acceptors (Lipinski definition) is 6. The molecular formula is C27H28N2O6. The summed E-state index contributed by atoms with van der Waals surface area (Å²) >= 11 is 0. The highest BCUT2D eigenvalue weighted by atomic mass is 16.5. The Morgan fingerprint density at radius 3 is 2.29 bits per heavy atom. The molecule has 0 bridgehead atoms. The van der Waals surface area contributed by atoms with E-state index in [1.165, 1.54) is 6.92 Å². The molecule has 182 valence electrons. The van der Waals surface area contributed by atoms with E-state index in [0.29, 0.717) is 47.5 Å². The summed E-state index contributed by atoms with van der Waals surface area (Å²) in [6.07, 6.45) is 6.90. The Labute approximate surface area is 203 Å². The maximum atomic E-state index is 12.4. The molecule has 0 spiro atoms. The van der Waals surface area contributed by atoms with E-state index >= 15 is 0 Å². The van der Waals surface area contributed by atoms with Crippen LogP contribution in [0.2, 0.25) is 0 Å². The van der Waals surface area contributed by atoms with Crippen LogP contribution in [0.5, 0.6) is 5.75 Å². The van der Waals surface area contributed by atoms with Crippen molar-refractivity contribution < 1.29 is 29.0 Å². The summed E-state index contributed by atoms with van der Waals surface area (Å²) in [4.78, 5) is 47.1. The number of Topliss-reactive ketones (excluding diaryl/α,β-unsaturated/α-hetero) is 1. The molecule has 0 fully saturated rings. The monoisotopic (exact) mass is 476 g/mol. The summed E-state index contributed by atoms with van der Waals surface area (Å²) in [6.45, 7) is 1.41. The lowest BCUT2D eigenvalue weighted by Crippen LogP contribution is -2.12. The van der Waals surface area contributed by atoms with Gasteiger partial charge in [0.2, 0.25) is 5.91 Å². The van der Waals surface area contributed by atoms with E-state index in [-0.39, 0.29) is 36.4 Å². The topological polar surface area (TPSA) is 122 Å². The average Bonchev–Trinajstić information content (AvgIpc) is 3.14. The van der Waals surface area contributed by atoms with Gasteiger partial charge in [0.05, 0.1) is 6.10 Å². The minimum atomic E-state index is -0.666. The van der Waals surface area contributed by atoms with E-state index in [9.17, 15) is 24.3 Å². The van der Waals surface area contributed by atoms with Crippen LogP contribution in [-0.4, -0.2) is 34.8 Å². The Morgan fingerprint density at radius 2 is 1.66 bits per heavy atom. The van der Waals surface area contributed by atoms with Crippen LogP contribution in [-0.2, 0) is 14.4 Å². The highest BCUT2D eigenvalue weighted by Gasteiger charge is 2.20. The summed E-state index contributed by atoms with van der Waals surface area (Å²) in [7, 11) is 0. The number of hydrogen-bond donors (Lipinski definition) is 3. The Hall–Kier alpha value is -4.04. The van der Waals surface area contributed by atoms with E-state index in [1.807, 2.05) is 12.2 Å². The second-order valence-electron chi connectivity index (χ2n) is 8.17. The van der Waals surface area contributed by atoms with Crippen molar-refractivity contribution in [3.8, 4) is 5.75 Å². The van der Waals surface area contributed by atoms with Gasteiger partial charge in [0.15, 0.2) is 5.78 Å². The smallest absolute Gasteiger partial charge is 0.311 e. The number of ether oxygens (including phenoxy) is 1. The third kappa shape index (κ3) is 8.35. The molecule has 2 amide bonds. The molecule has 0 saturated carbocycles. The molecule has 35 heavy (non-hydrogen) atoms. The lowest BCUT2D eigenvalue weighted by molar-refractivity contribution is -0.134. The molecule has 2 aromatic rings. The molecule has 1 aliphatic carbocycles. The first-order valence-corrected chi connectivity index (χ1v) is 11.4. The van der Waals surface area contributed by atoms with Gasteiger partial charge in [-0.25, -0.2) is 0 Å². The van der Waals surface area contributed by atoms with E-state index < -0.39 is 6.10 Å². The number of carbonyl (C=O) groups is 4. The van der Waals surface area contributed by atoms with Crippen LogP contribution in [0.25, 0.3) is 0 Å². The molecule has 0 aliphatic heterocycles. The molecule has 8 heteroatoms. The minimum absolute atomic E-state index is 0.0198. The Balaban J connectivity index is 1.37. The standard InChI is InChI=1S/C27H28N2O6/c1-18(30)28-21-10-8-19(9-11-21)27(34)29-22-12-14-24(15-13-22)35-26(33)7-5-3-2-4-6-20-16-23(31)17-25(20)32/h2,4,8-16,23,31H,3,5-7,17H2,1H3,(H,28,30)(H,29,34). The quantitative estimate of drug-likeness (QED) is 0.205. The van der Waals surface area contributed by atoms with Crippen molar-refractivity contribution in [1.29, 1.82) is 0 Å². The molecule has 8 nitrogen and oxygen atoms in total. The van der Waals surface area contributed by atoms with Crippen molar-refractivity contribution in [3.05, 3.63) is 77.9 Å². The van der Waals surface area contributed by atoms with E-state index in [1.54, 1.807) is 54.6 Å². The van der Waals surface area contributed by atoms with Crippen molar-refractivity contribution >= 4 is 34.9 Å². The van der Waals surface area contributed by atoms with Crippen LogP contribution < -0.4 is 15.4 Å². The third-order valence-electron chi connectivity index (χ3n) is 5.21. The van der Waals surface area contributed by atoms with Crippen LogP contribution in [0, 0.1) is 0 Å². The van der Waals surface area contributed by atoms with Gasteiger partial charge in [0, 0.05) is 36.7 Å². The van der Waals surface area contributed by atoms with Gasteiger partial charge in [-0.1, -0.05) is 12.2 Å². The van der Waals surface area contributed by atoms with Crippen molar-refractivity contribution in [1.82, 2.24) is 0 Å². The number of anilines is 2. The highest BCUT2D eigenvalue weighted by Crippen LogP contribution is 2.19.